The molecule has 0 N–H and O–H groups in total. The van der Waals surface area contributed by atoms with Gasteiger partial charge in [-0.3, -0.25) is 4.68 Å². The first-order chi connectivity index (χ1) is 15.0. The zero-order valence-electron chi connectivity index (χ0n) is 18.3. The van der Waals surface area contributed by atoms with E-state index in [1.165, 1.54) is 5.56 Å². The normalized spacial score (nSPS) is 16.4. The van der Waals surface area contributed by atoms with Crippen LogP contribution in [0.25, 0.3) is 22.6 Å². The minimum atomic E-state index is 0.0236. The summed E-state index contributed by atoms with van der Waals surface area (Å²) in [6, 6.07) is 4.12. The fourth-order valence-electron chi connectivity index (χ4n) is 4.17. The molecule has 0 aliphatic carbocycles. The molecule has 5 heterocycles. The number of hydrogen-bond donors (Lipinski definition) is 0. The van der Waals surface area contributed by atoms with Gasteiger partial charge in [-0.15, -0.1) is 0 Å². The van der Waals surface area contributed by atoms with Gasteiger partial charge in [-0.05, 0) is 38.5 Å². The van der Waals surface area contributed by atoms with Crippen molar-refractivity contribution in [3.05, 3.63) is 42.1 Å². The summed E-state index contributed by atoms with van der Waals surface area (Å²) in [6.45, 7) is 8.70. The number of anilines is 1. The largest absolute Gasteiger partial charge is 0.471 e. The summed E-state index contributed by atoms with van der Waals surface area (Å²) in [5.41, 5.74) is 4.70. The molecule has 1 saturated heterocycles. The molecule has 160 valence electrons. The number of imidazole rings is 1. The summed E-state index contributed by atoms with van der Waals surface area (Å²) in [5.74, 6) is 2.33. The number of aromatic nitrogens is 7. The number of nitrogens with zero attached hydrogens (tertiary/aromatic N) is 8. The van der Waals surface area contributed by atoms with E-state index in [0.29, 0.717) is 11.4 Å². The lowest BCUT2D eigenvalue weighted by atomic mass is 10.2. The van der Waals surface area contributed by atoms with E-state index in [2.05, 4.69) is 51.8 Å². The molecule has 0 bridgehead atoms. The SMILES string of the molecule is CCn1ncc(-c2nc3c(OC4CCN(c5cc(C)ccn5)C4)ncnc3n2C)c1C. The van der Waals surface area contributed by atoms with Crippen LogP contribution in [0.2, 0.25) is 0 Å². The van der Waals surface area contributed by atoms with Crippen LogP contribution in [-0.4, -0.2) is 53.5 Å². The van der Waals surface area contributed by atoms with Crippen LogP contribution < -0.4 is 9.64 Å². The quantitative estimate of drug-likeness (QED) is 0.492. The second-order valence-corrected chi connectivity index (χ2v) is 7.97. The van der Waals surface area contributed by atoms with Crippen molar-refractivity contribution in [2.24, 2.45) is 7.05 Å². The van der Waals surface area contributed by atoms with Crippen molar-refractivity contribution >= 4 is 17.0 Å². The summed E-state index contributed by atoms with van der Waals surface area (Å²) in [7, 11) is 1.96. The number of rotatable bonds is 5. The van der Waals surface area contributed by atoms with Gasteiger partial charge in [-0.2, -0.15) is 10.1 Å². The molecule has 4 aromatic rings. The van der Waals surface area contributed by atoms with Crippen molar-refractivity contribution in [1.29, 1.82) is 0 Å². The van der Waals surface area contributed by atoms with Gasteiger partial charge in [0.1, 0.15) is 24.1 Å². The molecular weight excluding hydrogens is 392 g/mol. The third kappa shape index (κ3) is 3.39. The lowest BCUT2D eigenvalue weighted by molar-refractivity contribution is 0.218. The number of aryl methyl sites for hydroxylation is 3. The first kappa shape index (κ1) is 19.5. The lowest BCUT2D eigenvalue weighted by Gasteiger charge is -2.18. The van der Waals surface area contributed by atoms with Gasteiger partial charge in [-0.25, -0.2) is 15.0 Å². The molecule has 1 aliphatic heterocycles. The van der Waals surface area contributed by atoms with Crippen LogP contribution in [0.5, 0.6) is 5.88 Å². The third-order valence-corrected chi connectivity index (χ3v) is 5.91. The van der Waals surface area contributed by atoms with Gasteiger partial charge in [0.2, 0.25) is 5.88 Å². The van der Waals surface area contributed by atoms with Gasteiger partial charge in [-0.1, -0.05) is 0 Å². The minimum Gasteiger partial charge on any atom is -0.471 e. The van der Waals surface area contributed by atoms with E-state index in [1.54, 1.807) is 6.33 Å². The Labute approximate surface area is 180 Å². The number of hydrogen-bond acceptors (Lipinski definition) is 7. The highest BCUT2D eigenvalue weighted by molar-refractivity contribution is 5.81. The van der Waals surface area contributed by atoms with Crippen LogP contribution in [-0.2, 0) is 13.6 Å². The molecule has 1 aliphatic rings. The van der Waals surface area contributed by atoms with Gasteiger partial charge >= 0.3 is 0 Å². The summed E-state index contributed by atoms with van der Waals surface area (Å²) >= 11 is 0. The maximum atomic E-state index is 6.31. The Hall–Kier alpha value is -3.49. The number of fused-ring (bicyclic) bond motifs is 1. The van der Waals surface area contributed by atoms with E-state index in [0.717, 1.165) is 54.6 Å². The van der Waals surface area contributed by atoms with Crippen molar-refractivity contribution in [3.63, 3.8) is 0 Å². The number of ether oxygens (including phenoxy) is 1. The third-order valence-electron chi connectivity index (χ3n) is 5.91. The molecule has 5 rings (SSSR count). The summed E-state index contributed by atoms with van der Waals surface area (Å²) in [5, 5.41) is 4.46. The van der Waals surface area contributed by atoms with Crippen molar-refractivity contribution in [2.45, 2.75) is 39.8 Å². The molecule has 4 aromatic heterocycles. The van der Waals surface area contributed by atoms with Crippen LogP contribution in [0, 0.1) is 13.8 Å². The Balaban J connectivity index is 1.43. The summed E-state index contributed by atoms with van der Waals surface area (Å²) in [6.07, 6.45) is 6.18. The Bertz CT molecular complexity index is 1240. The second-order valence-electron chi connectivity index (χ2n) is 7.97. The van der Waals surface area contributed by atoms with Gasteiger partial charge in [0.05, 0.1) is 18.3 Å². The standard InChI is InChI=1S/C22H26N8O/c1-5-30-15(3)17(11-26-30)20-27-19-21(28(20)4)24-13-25-22(19)31-16-7-9-29(12-16)18-10-14(2)6-8-23-18/h6,8,10-11,13,16H,5,7,9,12H2,1-4H3. The van der Waals surface area contributed by atoms with Gasteiger partial charge in [0.25, 0.3) is 0 Å². The molecule has 9 nitrogen and oxygen atoms in total. The van der Waals surface area contributed by atoms with Gasteiger partial charge < -0.3 is 14.2 Å². The zero-order valence-corrected chi connectivity index (χ0v) is 18.3. The van der Waals surface area contributed by atoms with E-state index < -0.39 is 0 Å². The molecule has 0 amide bonds. The molecule has 31 heavy (non-hydrogen) atoms. The first-order valence-corrected chi connectivity index (χ1v) is 10.6. The molecule has 1 atom stereocenters. The van der Waals surface area contributed by atoms with Crippen LogP contribution in [0.4, 0.5) is 5.82 Å². The van der Waals surface area contributed by atoms with E-state index in [9.17, 15) is 0 Å². The van der Waals surface area contributed by atoms with Crippen LogP contribution in [0.15, 0.2) is 30.9 Å². The minimum absolute atomic E-state index is 0.0236. The maximum Gasteiger partial charge on any atom is 0.245 e. The predicted molar refractivity (Wildman–Crippen MR) is 118 cm³/mol. The average molecular weight is 419 g/mol. The van der Waals surface area contributed by atoms with Crippen LogP contribution >= 0.6 is 0 Å². The topological polar surface area (TPSA) is 86.8 Å². The Morgan fingerprint density at radius 3 is 2.84 bits per heavy atom. The summed E-state index contributed by atoms with van der Waals surface area (Å²) < 4.78 is 10.3. The molecule has 0 spiro atoms. The van der Waals surface area contributed by atoms with Crippen molar-refractivity contribution in [1.82, 2.24) is 34.3 Å². The highest BCUT2D eigenvalue weighted by Crippen LogP contribution is 2.30. The maximum absolute atomic E-state index is 6.31. The van der Waals surface area contributed by atoms with Crippen molar-refractivity contribution in [3.8, 4) is 17.3 Å². The Morgan fingerprint density at radius 1 is 1.19 bits per heavy atom. The Kier molecular flexibility index (Phi) is 4.80. The van der Waals surface area contributed by atoms with Crippen molar-refractivity contribution < 1.29 is 4.74 Å². The molecule has 0 radical (unpaired) electrons. The van der Waals surface area contributed by atoms with Gasteiger partial charge in [0, 0.05) is 38.4 Å². The highest BCUT2D eigenvalue weighted by Gasteiger charge is 2.27. The zero-order chi connectivity index (χ0) is 21.5. The van der Waals surface area contributed by atoms with Crippen molar-refractivity contribution in [2.75, 3.05) is 18.0 Å². The molecule has 0 saturated carbocycles. The van der Waals surface area contributed by atoms with Gasteiger partial charge in [0.15, 0.2) is 11.2 Å². The Morgan fingerprint density at radius 2 is 2.06 bits per heavy atom. The number of pyridine rings is 1. The van der Waals surface area contributed by atoms with E-state index >= 15 is 0 Å². The fourth-order valence-corrected chi connectivity index (χ4v) is 4.17. The lowest BCUT2D eigenvalue weighted by Crippen LogP contribution is -2.25. The van der Waals surface area contributed by atoms with E-state index in [4.69, 9.17) is 9.72 Å². The van der Waals surface area contributed by atoms with E-state index in [1.807, 2.05) is 34.8 Å². The molecule has 0 aromatic carbocycles. The predicted octanol–water partition coefficient (Wildman–Crippen LogP) is 2.92. The van der Waals surface area contributed by atoms with E-state index in [-0.39, 0.29) is 6.10 Å². The van der Waals surface area contributed by atoms with Crippen LogP contribution in [0.3, 0.4) is 0 Å². The molecule has 1 fully saturated rings. The first-order valence-electron chi connectivity index (χ1n) is 10.6. The highest BCUT2D eigenvalue weighted by atomic mass is 16.5. The smallest absolute Gasteiger partial charge is 0.245 e. The fraction of sp³-hybridized carbons (Fsp3) is 0.409. The van der Waals surface area contributed by atoms with Crippen LogP contribution in [0.1, 0.15) is 24.6 Å². The molecule has 9 heteroatoms. The summed E-state index contributed by atoms with van der Waals surface area (Å²) in [4.78, 5) is 20.5. The monoisotopic (exact) mass is 418 g/mol. The second kappa shape index (κ2) is 7.64. The molecular formula is C22H26N8O. The average Bonchev–Trinajstić information content (AvgIpc) is 3.46. The molecule has 1 unspecified atom stereocenters.